The molecule has 1 saturated carbocycles. The van der Waals surface area contributed by atoms with Gasteiger partial charge in [-0.15, -0.1) is 11.3 Å². The van der Waals surface area contributed by atoms with Crippen molar-refractivity contribution in [2.24, 2.45) is 33.8 Å². The number of thiazole rings is 1. The fraction of sp³-hybridized carbons (Fsp3) is 0.774. The number of nitrogens with two attached hydrogens (primary N) is 6. The Morgan fingerprint density at radius 2 is 1.58 bits per heavy atom. The molecule has 0 radical (unpaired) electrons. The summed E-state index contributed by atoms with van der Waals surface area (Å²) in [4.78, 5) is 44.4. The topological polar surface area (TPSA) is 470 Å². The predicted molar refractivity (Wildman–Crippen MR) is 204 cm³/mol. The monoisotopic (exact) mass is 902 g/mol. The van der Waals surface area contributed by atoms with Crippen molar-refractivity contribution in [3.63, 3.8) is 0 Å². The van der Waals surface area contributed by atoms with Gasteiger partial charge in [0.25, 0.3) is 11.8 Å². The van der Waals surface area contributed by atoms with E-state index in [0.717, 1.165) is 11.3 Å². The highest BCUT2D eigenvalue weighted by molar-refractivity contribution is 7.84. The third kappa shape index (κ3) is 11.0. The van der Waals surface area contributed by atoms with Crippen molar-refractivity contribution >= 4 is 50.3 Å². The first-order chi connectivity index (χ1) is 27.8. The van der Waals surface area contributed by atoms with Crippen molar-refractivity contribution < 1.29 is 81.8 Å². The van der Waals surface area contributed by atoms with Crippen LogP contribution in [-0.4, -0.2) is 193 Å². The number of nitrogen functional groups attached to an aromatic ring is 1. The van der Waals surface area contributed by atoms with E-state index in [4.69, 9.17) is 67.8 Å². The normalized spacial score (nSPS) is 37.7. The summed E-state index contributed by atoms with van der Waals surface area (Å²) in [6, 6.07) is -5.58. The first-order valence-corrected chi connectivity index (χ1v) is 20.6. The number of anilines is 1. The smallest absolute Gasteiger partial charge is 0.362 e. The zero-order valence-corrected chi connectivity index (χ0v) is 34.1. The molecule has 4 fully saturated rings. The van der Waals surface area contributed by atoms with Crippen LogP contribution in [0.1, 0.15) is 39.3 Å². The standard InChI is InChI=1S/C18H37N5O9.C13H17N5O8S2/c19-3-9-8(25)2-7(22)17(29-9)31-15-5(20)1-6(21)16(14(15)28)32-18-13(27)11(23)12(26)10(4-24)30-18;1-5-7(10(20)18(5)28(23,24)25)16-9(19)8(6-4-27-12(14)15-6)17-26-13(2,3)11(21)22/h5-18,24-28H,1-4,19-23H2;4-5,7H,1-3H3,(H2,14,15)(H,16,19)(H,21,22)(H,23,24,25)/b;17-8-/t5-,6+,7+,8-,9+,10+,11-,12+,13+,14-,15+,16-,17+,18+;5-,7-/m00/s1. The summed E-state index contributed by atoms with van der Waals surface area (Å²) in [6.45, 7) is 3.19. The maximum Gasteiger partial charge on any atom is 0.362 e. The first kappa shape index (κ1) is 49.3. The maximum atomic E-state index is 12.6. The van der Waals surface area contributed by atoms with Gasteiger partial charge >= 0.3 is 16.3 Å². The van der Waals surface area contributed by atoms with E-state index >= 15 is 0 Å². The third-order valence-corrected chi connectivity index (χ3v) is 11.8. The molecule has 4 heterocycles. The number of nitrogens with zero attached hydrogens (tertiary/aromatic N) is 3. The van der Waals surface area contributed by atoms with Crippen LogP contribution in [0.4, 0.5) is 5.13 Å². The summed E-state index contributed by atoms with van der Waals surface area (Å²) in [6.07, 6.45) is -10.8. The second-order valence-electron chi connectivity index (χ2n) is 15.0. The highest BCUT2D eigenvalue weighted by Gasteiger charge is 2.52. The Morgan fingerprint density at radius 1 is 1.00 bits per heavy atom. The van der Waals surface area contributed by atoms with Crippen LogP contribution >= 0.6 is 11.3 Å². The summed E-state index contributed by atoms with van der Waals surface area (Å²) in [5, 5.41) is 67.0. The molecular formula is C31H54N10O17S2. The number of carboxylic acid groups (broad SMARTS) is 1. The van der Waals surface area contributed by atoms with Gasteiger partial charge in [-0.3, -0.25) is 14.1 Å². The van der Waals surface area contributed by atoms with E-state index in [1.54, 1.807) is 0 Å². The van der Waals surface area contributed by atoms with Crippen molar-refractivity contribution in [1.29, 1.82) is 0 Å². The van der Waals surface area contributed by atoms with Crippen LogP contribution in [-0.2, 0) is 48.5 Å². The van der Waals surface area contributed by atoms with E-state index < -0.39 is 144 Å². The molecule has 27 nitrogen and oxygen atoms in total. The maximum absolute atomic E-state index is 12.6. The van der Waals surface area contributed by atoms with Crippen LogP contribution in [0.15, 0.2) is 10.5 Å². The summed E-state index contributed by atoms with van der Waals surface area (Å²) in [5.41, 5.74) is 33.0. The predicted octanol–water partition coefficient (Wildman–Crippen LogP) is -7.47. The number of aliphatic carboxylic acids is 1. The molecular weight excluding hydrogens is 849 g/mol. The first-order valence-electron chi connectivity index (χ1n) is 18.3. The van der Waals surface area contributed by atoms with Crippen molar-refractivity contribution in [1.82, 2.24) is 14.6 Å². The van der Waals surface area contributed by atoms with Crippen molar-refractivity contribution in [3.8, 4) is 0 Å². The van der Waals surface area contributed by atoms with Gasteiger partial charge in [-0.1, -0.05) is 5.16 Å². The van der Waals surface area contributed by atoms with E-state index in [0.29, 0.717) is 0 Å². The lowest BCUT2D eigenvalue weighted by atomic mass is 9.84. The van der Waals surface area contributed by atoms with Gasteiger partial charge in [0.2, 0.25) is 5.60 Å². The summed E-state index contributed by atoms with van der Waals surface area (Å²) in [5.74, 6) is -3.38. The zero-order valence-electron chi connectivity index (χ0n) is 32.5. The van der Waals surface area contributed by atoms with Gasteiger partial charge in [-0.25, -0.2) is 14.1 Å². The largest absolute Gasteiger partial charge is 0.478 e. The number of hydrogen-bond acceptors (Lipinski definition) is 24. The van der Waals surface area contributed by atoms with Gasteiger partial charge in [-0.05, 0) is 33.6 Å². The fourth-order valence-electron chi connectivity index (χ4n) is 6.54. The van der Waals surface area contributed by atoms with E-state index in [1.165, 1.54) is 26.2 Å². The number of oxime groups is 1. The fourth-order valence-corrected chi connectivity index (χ4v) is 7.97. The molecule has 3 saturated heterocycles. The number of hydrogen-bond donors (Lipinski definition) is 14. The van der Waals surface area contributed by atoms with E-state index in [9.17, 15) is 48.3 Å². The Hall–Kier alpha value is -3.34. The Kier molecular flexibility index (Phi) is 16.3. The molecule has 5 rings (SSSR count). The lowest BCUT2D eigenvalue weighted by Gasteiger charge is -2.47. The molecule has 3 aliphatic heterocycles. The number of carbonyl (C=O) groups is 3. The Labute approximate surface area is 346 Å². The van der Waals surface area contributed by atoms with Crippen LogP contribution in [0, 0.1) is 0 Å². The van der Waals surface area contributed by atoms with E-state index in [2.05, 4.69) is 15.5 Å². The second kappa shape index (κ2) is 19.8. The number of aromatic nitrogens is 1. The van der Waals surface area contributed by atoms with Crippen LogP contribution < -0.4 is 39.7 Å². The van der Waals surface area contributed by atoms with Gasteiger partial charge in [0.05, 0.1) is 36.9 Å². The number of nitrogens with one attached hydrogen (secondary N) is 1. The second-order valence-corrected chi connectivity index (χ2v) is 17.2. The van der Waals surface area contributed by atoms with E-state index in [1.807, 2.05) is 0 Å². The molecule has 2 amide bonds. The van der Waals surface area contributed by atoms with Crippen molar-refractivity contribution in [2.75, 3.05) is 18.9 Å². The number of aliphatic hydroxyl groups is 5. The molecule has 16 atom stereocenters. The van der Waals surface area contributed by atoms with E-state index in [-0.39, 0.29) is 34.5 Å². The molecule has 1 aromatic rings. The van der Waals surface area contributed by atoms with Crippen LogP contribution in [0.5, 0.6) is 0 Å². The molecule has 342 valence electrons. The number of amides is 2. The third-order valence-electron chi connectivity index (χ3n) is 10.1. The molecule has 1 aromatic heterocycles. The lowest BCUT2D eigenvalue weighted by molar-refractivity contribution is -0.314. The summed E-state index contributed by atoms with van der Waals surface area (Å²) < 4.78 is 54.2. The molecule has 1 aliphatic carbocycles. The Balaban J connectivity index is 0.000000267. The molecule has 0 bridgehead atoms. The minimum absolute atomic E-state index is 0.0350. The molecule has 0 unspecified atom stereocenters. The number of carbonyl (C=O) groups excluding carboxylic acids is 2. The SMILES string of the molecule is C[C@H]1[C@H](NC(=O)/C(=N\OC(C)(C)C(=O)O)c2csc(N)n2)C(=O)N1S(=O)(=O)O.NC[C@H]1O[C@H](O[C@H]2[C@H](O)[C@@H](O[C@H]3O[C@H](CO)[C@@H](O)[C@H](N)[C@H]3O)[C@H](N)C[C@@H]2N)[C@H](N)C[C@@H]1O. The van der Waals surface area contributed by atoms with Gasteiger partial charge in [-0.2, -0.15) is 8.42 Å². The Morgan fingerprint density at radius 3 is 2.08 bits per heavy atom. The minimum atomic E-state index is -4.76. The van der Waals surface area contributed by atoms with Crippen LogP contribution in [0.25, 0.3) is 0 Å². The lowest BCUT2D eigenvalue weighted by Crippen LogP contribution is -2.71. The van der Waals surface area contributed by atoms with Gasteiger partial charge in [0.1, 0.15) is 48.4 Å². The molecule has 0 aromatic carbocycles. The quantitative estimate of drug-likeness (QED) is 0.0378. The van der Waals surface area contributed by atoms with Gasteiger partial charge < -0.3 is 94.1 Å². The highest BCUT2D eigenvalue weighted by Crippen LogP contribution is 2.31. The average molecular weight is 903 g/mol. The van der Waals surface area contributed by atoms with Crippen LogP contribution in [0.3, 0.4) is 0 Å². The summed E-state index contributed by atoms with van der Waals surface area (Å²) >= 11 is 0.980. The zero-order chi connectivity index (χ0) is 45.2. The number of β-lactam (4-membered cyclic amide) rings is 1. The van der Waals surface area contributed by atoms with Crippen molar-refractivity contribution in [3.05, 3.63) is 11.1 Å². The van der Waals surface area contributed by atoms with Crippen molar-refractivity contribution in [2.45, 2.75) is 137 Å². The molecule has 0 spiro atoms. The number of carboxylic acids is 1. The number of ether oxygens (including phenoxy) is 4. The van der Waals surface area contributed by atoms with Gasteiger partial charge in [0.15, 0.2) is 23.4 Å². The molecule has 60 heavy (non-hydrogen) atoms. The molecule has 4 aliphatic rings. The molecule has 29 heteroatoms. The summed E-state index contributed by atoms with van der Waals surface area (Å²) in [7, 11) is -4.76. The number of aliphatic hydroxyl groups excluding tert-OH is 5. The minimum Gasteiger partial charge on any atom is -0.478 e. The molecule has 20 N–H and O–H groups in total. The average Bonchev–Trinajstić information content (AvgIpc) is 3.59. The van der Waals surface area contributed by atoms with Gasteiger partial charge in [0, 0.05) is 24.0 Å². The Bertz CT molecular complexity index is 1810. The highest BCUT2D eigenvalue weighted by atomic mass is 32.2. The van der Waals surface area contributed by atoms with Crippen LogP contribution in [0.2, 0.25) is 0 Å². The number of rotatable bonds is 13.